The second kappa shape index (κ2) is 7.25. The Hall–Kier alpha value is -3.63. The average molecular weight is 424 g/mol. The number of primary amides is 1. The minimum atomic E-state index is -0.602. The Morgan fingerprint density at radius 3 is 2.94 bits per heavy atom. The Morgan fingerprint density at radius 2 is 2.16 bits per heavy atom. The Kier molecular flexibility index (Phi) is 4.53. The summed E-state index contributed by atoms with van der Waals surface area (Å²) in [6.07, 6.45) is 7.29. The van der Waals surface area contributed by atoms with Gasteiger partial charge >= 0.3 is 6.09 Å². The number of hydrogen-bond acceptors (Lipinski definition) is 7. The third-order valence-corrected chi connectivity index (χ3v) is 5.99. The van der Waals surface area contributed by atoms with Gasteiger partial charge < -0.3 is 21.1 Å². The van der Waals surface area contributed by atoms with Crippen LogP contribution in [0, 0.1) is 0 Å². The number of carbonyl (C=O) groups excluding carboxylic acids is 2. The Morgan fingerprint density at radius 1 is 1.32 bits per heavy atom. The monoisotopic (exact) mass is 424 g/mol. The van der Waals surface area contributed by atoms with Crippen LogP contribution in [0.3, 0.4) is 0 Å². The minimum Gasteiger partial charge on any atom is -0.446 e. The molecule has 2 aliphatic rings. The third-order valence-electron chi connectivity index (χ3n) is 5.99. The zero-order chi connectivity index (χ0) is 21.6. The maximum atomic E-state index is 12.0. The smallest absolute Gasteiger partial charge is 0.407 e. The van der Waals surface area contributed by atoms with E-state index in [2.05, 4.69) is 30.9 Å². The number of H-pyrrole nitrogens is 1. The lowest BCUT2D eigenvalue weighted by atomic mass is 10.0. The number of amides is 2. The van der Waals surface area contributed by atoms with E-state index in [1.165, 1.54) is 4.52 Å². The number of alkyl carbamates (subject to hydrolysis) is 1. The first-order valence-electron chi connectivity index (χ1n) is 10.3. The van der Waals surface area contributed by atoms with Crippen LogP contribution in [0.25, 0.3) is 5.52 Å². The second-order valence-electron chi connectivity index (χ2n) is 8.56. The SMILES string of the molecule is CC1(NC(=O)OC2CCC(c3cc(Nc4nccn5nc(C(N)=O)cc45)n[nH]3)C2)CC1. The molecular formula is C20H24N8O3. The van der Waals surface area contributed by atoms with Crippen molar-refractivity contribution in [1.29, 1.82) is 0 Å². The van der Waals surface area contributed by atoms with E-state index in [1.807, 2.05) is 13.0 Å². The molecular weight excluding hydrogens is 400 g/mol. The molecule has 3 aromatic heterocycles. The first-order valence-corrected chi connectivity index (χ1v) is 10.3. The number of nitrogens with two attached hydrogens (primary N) is 1. The van der Waals surface area contributed by atoms with Crippen molar-refractivity contribution in [3.8, 4) is 0 Å². The third kappa shape index (κ3) is 4.03. The zero-order valence-corrected chi connectivity index (χ0v) is 17.1. The number of fused-ring (bicyclic) bond motifs is 1. The number of ether oxygens (including phenoxy) is 1. The van der Waals surface area contributed by atoms with Crippen molar-refractivity contribution in [2.75, 3.05) is 5.32 Å². The van der Waals surface area contributed by atoms with Gasteiger partial charge in [-0.1, -0.05) is 0 Å². The minimum absolute atomic E-state index is 0.0797. The molecule has 0 saturated heterocycles. The summed E-state index contributed by atoms with van der Waals surface area (Å²) in [7, 11) is 0. The molecule has 3 heterocycles. The summed E-state index contributed by atoms with van der Waals surface area (Å²) in [6, 6.07) is 3.51. The van der Waals surface area contributed by atoms with Crippen LogP contribution in [-0.4, -0.2) is 48.4 Å². The number of aromatic nitrogens is 5. The lowest BCUT2D eigenvalue weighted by Gasteiger charge is -2.16. The van der Waals surface area contributed by atoms with Crippen LogP contribution in [0.15, 0.2) is 24.5 Å². The van der Waals surface area contributed by atoms with Crippen LogP contribution < -0.4 is 16.4 Å². The molecule has 0 spiro atoms. The fraction of sp³-hybridized carbons (Fsp3) is 0.450. The zero-order valence-electron chi connectivity index (χ0n) is 17.1. The van der Waals surface area contributed by atoms with Gasteiger partial charge in [0.15, 0.2) is 17.3 Å². The molecule has 2 atom stereocenters. The fourth-order valence-corrected chi connectivity index (χ4v) is 3.94. The summed E-state index contributed by atoms with van der Waals surface area (Å²) in [5.41, 5.74) is 6.99. The van der Waals surface area contributed by atoms with Gasteiger partial charge in [-0.15, -0.1) is 0 Å². The molecule has 5 rings (SSSR count). The van der Waals surface area contributed by atoms with E-state index in [0.29, 0.717) is 17.2 Å². The van der Waals surface area contributed by atoms with Crippen molar-refractivity contribution in [3.05, 3.63) is 35.9 Å². The van der Waals surface area contributed by atoms with Crippen molar-refractivity contribution in [3.63, 3.8) is 0 Å². The highest BCUT2D eigenvalue weighted by Crippen LogP contribution is 2.37. The Balaban J connectivity index is 1.23. The lowest BCUT2D eigenvalue weighted by Crippen LogP contribution is -2.36. The van der Waals surface area contributed by atoms with Crippen molar-refractivity contribution >= 4 is 29.2 Å². The molecule has 11 nitrogen and oxygen atoms in total. The van der Waals surface area contributed by atoms with Gasteiger partial charge in [0.1, 0.15) is 11.6 Å². The van der Waals surface area contributed by atoms with Gasteiger partial charge in [-0.25, -0.2) is 14.3 Å². The molecule has 2 amide bonds. The average Bonchev–Trinajstić information content (AvgIpc) is 3.17. The van der Waals surface area contributed by atoms with E-state index in [1.54, 1.807) is 18.5 Å². The van der Waals surface area contributed by atoms with Gasteiger partial charge in [0, 0.05) is 41.7 Å². The molecule has 0 bridgehead atoms. The molecule has 2 aliphatic carbocycles. The number of rotatable bonds is 6. The molecule has 31 heavy (non-hydrogen) atoms. The van der Waals surface area contributed by atoms with Crippen LogP contribution in [0.4, 0.5) is 16.4 Å². The Bertz CT molecular complexity index is 1150. The largest absolute Gasteiger partial charge is 0.446 e. The highest BCUT2D eigenvalue weighted by atomic mass is 16.6. The molecule has 162 valence electrons. The number of anilines is 2. The van der Waals surface area contributed by atoms with Crippen molar-refractivity contribution in [2.45, 2.75) is 56.6 Å². The quantitative estimate of drug-likeness (QED) is 0.473. The second-order valence-corrected chi connectivity index (χ2v) is 8.56. The molecule has 2 unspecified atom stereocenters. The van der Waals surface area contributed by atoms with E-state index in [-0.39, 0.29) is 29.3 Å². The van der Waals surface area contributed by atoms with E-state index < -0.39 is 5.91 Å². The maximum absolute atomic E-state index is 12.0. The predicted molar refractivity (Wildman–Crippen MR) is 111 cm³/mol. The van der Waals surface area contributed by atoms with Gasteiger partial charge in [-0.05, 0) is 39.0 Å². The van der Waals surface area contributed by atoms with E-state index in [9.17, 15) is 9.59 Å². The highest BCUT2D eigenvalue weighted by molar-refractivity contribution is 5.93. The van der Waals surface area contributed by atoms with Gasteiger partial charge in [0.05, 0.1) is 0 Å². The van der Waals surface area contributed by atoms with Crippen LogP contribution >= 0.6 is 0 Å². The fourth-order valence-electron chi connectivity index (χ4n) is 3.94. The van der Waals surface area contributed by atoms with E-state index in [0.717, 1.165) is 37.8 Å². The Labute approximate surface area is 177 Å². The maximum Gasteiger partial charge on any atom is 0.407 e. The van der Waals surface area contributed by atoms with Gasteiger partial charge in [-0.3, -0.25) is 9.89 Å². The van der Waals surface area contributed by atoms with Gasteiger partial charge in [0.25, 0.3) is 5.91 Å². The normalized spacial score (nSPS) is 21.7. The molecule has 2 fully saturated rings. The van der Waals surface area contributed by atoms with E-state index >= 15 is 0 Å². The number of carbonyl (C=O) groups is 2. The summed E-state index contributed by atoms with van der Waals surface area (Å²) < 4.78 is 7.13. The lowest BCUT2D eigenvalue weighted by molar-refractivity contribution is 0.0964. The van der Waals surface area contributed by atoms with Gasteiger partial charge in [-0.2, -0.15) is 10.2 Å². The summed E-state index contributed by atoms with van der Waals surface area (Å²) in [5, 5.41) is 17.6. The molecule has 0 aliphatic heterocycles. The number of hydrogen-bond donors (Lipinski definition) is 4. The van der Waals surface area contributed by atoms with E-state index in [4.69, 9.17) is 10.5 Å². The molecule has 5 N–H and O–H groups in total. The number of nitrogens with zero attached hydrogens (tertiary/aromatic N) is 4. The van der Waals surface area contributed by atoms with Crippen molar-refractivity contribution < 1.29 is 14.3 Å². The number of aromatic amines is 1. The molecule has 11 heteroatoms. The van der Waals surface area contributed by atoms with Crippen LogP contribution in [0.5, 0.6) is 0 Å². The predicted octanol–water partition coefficient (Wildman–Crippen LogP) is 2.21. The first kappa shape index (κ1) is 19.3. The summed E-state index contributed by atoms with van der Waals surface area (Å²) in [6.45, 7) is 2.03. The molecule has 0 aromatic carbocycles. The van der Waals surface area contributed by atoms with Crippen LogP contribution in [0.2, 0.25) is 0 Å². The standard InChI is InChI=1S/C20H24N8O3/c1-20(4-5-20)24-19(30)31-12-3-2-11(8-12)13-10-16(26-25-13)23-18-15-9-14(17(21)29)27-28(15)7-6-22-18/h6-7,9-12H,2-5,8H2,1H3,(H2,21,29)(H,24,30)(H2,22,23,25,26). The van der Waals surface area contributed by atoms with Crippen LogP contribution in [0.1, 0.15) is 61.1 Å². The van der Waals surface area contributed by atoms with Crippen molar-refractivity contribution in [1.82, 2.24) is 30.1 Å². The summed E-state index contributed by atoms with van der Waals surface area (Å²) in [4.78, 5) is 27.8. The first-order chi connectivity index (χ1) is 14.9. The summed E-state index contributed by atoms with van der Waals surface area (Å²) >= 11 is 0. The molecule has 2 saturated carbocycles. The number of nitrogens with one attached hydrogen (secondary N) is 3. The topological polar surface area (TPSA) is 152 Å². The molecule has 0 radical (unpaired) electrons. The van der Waals surface area contributed by atoms with Gasteiger partial charge in [0.2, 0.25) is 0 Å². The highest BCUT2D eigenvalue weighted by Gasteiger charge is 2.40. The molecule has 3 aromatic rings. The summed E-state index contributed by atoms with van der Waals surface area (Å²) in [5.74, 6) is 0.742. The van der Waals surface area contributed by atoms with Crippen molar-refractivity contribution in [2.24, 2.45) is 5.73 Å². The van der Waals surface area contributed by atoms with Crippen LogP contribution in [-0.2, 0) is 4.74 Å².